The second-order valence-corrected chi connectivity index (χ2v) is 6.57. The summed E-state index contributed by atoms with van der Waals surface area (Å²) < 4.78 is 1.83. The minimum absolute atomic E-state index is 0.215. The quantitative estimate of drug-likeness (QED) is 0.940. The molecule has 2 aliphatic heterocycles. The van der Waals surface area contributed by atoms with Gasteiger partial charge in [-0.3, -0.25) is 4.79 Å². The van der Waals surface area contributed by atoms with Crippen LogP contribution in [-0.2, 0) is 11.2 Å². The Labute approximate surface area is 136 Å². The Morgan fingerprint density at radius 2 is 2.00 bits per heavy atom. The number of para-hydroxylation sites is 1. The number of amides is 1. The molecule has 120 valence electrons. The van der Waals surface area contributed by atoms with Crippen molar-refractivity contribution >= 4 is 5.91 Å². The molecule has 2 saturated heterocycles. The van der Waals surface area contributed by atoms with Gasteiger partial charge in [-0.25, -0.2) is 4.68 Å². The topological polar surface area (TPSA) is 50.2 Å². The first-order valence-electron chi connectivity index (χ1n) is 8.41. The van der Waals surface area contributed by atoms with Gasteiger partial charge in [-0.1, -0.05) is 18.2 Å². The average molecular weight is 310 g/mol. The van der Waals surface area contributed by atoms with Crippen LogP contribution in [-0.4, -0.2) is 45.8 Å². The molecule has 5 nitrogen and oxygen atoms in total. The maximum absolute atomic E-state index is 12.6. The molecule has 5 heteroatoms. The van der Waals surface area contributed by atoms with Gasteiger partial charge in [-0.2, -0.15) is 5.10 Å². The number of rotatable bonds is 3. The van der Waals surface area contributed by atoms with Crippen LogP contribution in [0.2, 0.25) is 0 Å². The van der Waals surface area contributed by atoms with Crippen LogP contribution < -0.4 is 5.32 Å². The van der Waals surface area contributed by atoms with Gasteiger partial charge in [0, 0.05) is 31.4 Å². The predicted molar refractivity (Wildman–Crippen MR) is 88.4 cm³/mol. The van der Waals surface area contributed by atoms with Crippen LogP contribution in [0, 0.1) is 0 Å². The smallest absolute Gasteiger partial charge is 0.227 e. The van der Waals surface area contributed by atoms with Crippen molar-refractivity contribution in [2.45, 2.75) is 37.8 Å². The van der Waals surface area contributed by atoms with Gasteiger partial charge in [0.2, 0.25) is 5.91 Å². The van der Waals surface area contributed by atoms with Gasteiger partial charge in [-0.15, -0.1) is 0 Å². The van der Waals surface area contributed by atoms with Crippen molar-refractivity contribution in [2.24, 2.45) is 0 Å². The number of carbonyl (C=O) groups is 1. The molecule has 2 aliphatic rings. The molecule has 1 N–H and O–H groups in total. The normalized spacial score (nSPS) is 23.7. The highest BCUT2D eigenvalue weighted by molar-refractivity contribution is 5.78. The number of hydrogen-bond donors (Lipinski definition) is 1. The van der Waals surface area contributed by atoms with E-state index in [2.05, 4.69) is 10.4 Å². The molecule has 23 heavy (non-hydrogen) atoms. The molecule has 1 aromatic carbocycles. The molecule has 0 saturated carbocycles. The van der Waals surface area contributed by atoms with Crippen LogP contribution >= 0.6 is 0 Å². The van der Waals surface area contributed by atoms with E-state index in [4.69, 9.17) is 0 Å². The number of benzene rings is 1. The molecule has 0 radical (unpaired) electrons. The molecule has 2 atom stereocenters. The van der Waals surface area contributed by atoms with Gasteiger partial charge in [-0.05, 0) is 37.0 Å². The number of likely N-dealkylation sites (tertiary alicyclic amines) is 1. The summed E-state index contributed by atoms with van der Waals surface area (Å²) in [5.74, 6) is 0.215. The van der Waals surface area contributed by atoms with Crippen molar-refractivity contribution < 1.29 is 4.79 Å². The minimum Gasteiger partial charge on any atom is -0.341 e. The lowest BCUT2D eigenvalue weighted by Gasteiger charge is -2.24. The summed E-state index contributed by atoms with van der Waals surface area (Å²) in [5, 5.41) is 7.99. The zero-order valence-corrected chi connectivity index (χ0v) is 13.2. The third kappa shape index (κ3) is 3.15. The van der Waals surface area contributed by atoms with Crippen molar-refractivity contribution in [2.75, 3.05) is 13.1 Å². The Morgan fingerprint density at radius 1 is 1.17 bits per heavy atom. The van der Waals surface area contributed by atoms with E-state index in [0.717, 1.165) is 30.8 Å². The first-order chi connectivity index (χ1) is 11.3. The van der Waals surface area contributed by atoms with Gasteiger partial charge in [0.1, 0.15) is 0 Å². The van der Waals surface area contributed by atoms with E-state index in [1.165, 1.54) is 12.8 Å². The van der Waals surface area contributed by atoms with Crippen molar-refractivity contribution in [1.82, 2.24) is 20.0 Å². The molecule has 1 amide bonds. The van der Waals surface area contributed by atoms with Crippen molar-refractivity contribution in [1.29, 1.82) is 0 Å². The molecule has 2 aromatic rings. The molecule has 0 aliphatic carbocycles. The third-order valence-electron chi connectivity index (χ3n) is 4.89. The van der Waals surface area contributed by atoms with Crippen LogP contribution in [0.4, 0.5) is 0 Å². The van der Waals surface area contributed by atoms with Crippen LogP contribution in [0.25, 0.3) is 5.69 Å². The number of nitrogens with zero attached hydrogens (tertiary/aromatic N) is 3. The zero-order valence-electron chi connectivity index (χ0n) is 13.2. The van der Waals surface area contributed by atoms with Crippen LogP contribution in [0.1, 0.15) is 24.8 Å². The molecule has 4 rings (SSSR count). The number of aromatic nitrogens is 2. The molecule has 2 fully saturated rings. The summed E-state index contributed by atoms with van der Waals surface area (Å²) in [5.41, 5.74) is 1.99. The van der Waals surface area contributed by atoms with E-state index in [1.807, 2.05) is 46.1 Å². The van der Waals surface area contributed by atoms with Gasteiger partial charge in [0.15, 0.2) is 0 Å². The van der Waals surface area contributed by atoms with E-state index < -0.39 is 0 Å². The Morgan fingerprint density at radius 3 is 2.87 bits per heavy atom. The fraction of sp³-hybridized carbons (Fsp3) is 0.444. The molecule has 0 spiro atoms. The summed E-state index contributed by atoms with van der Waals surface area (Å²) in [6.07, 6.45) is 7.72. The Bertz CT molecular complexity index is 681. The maximum atomic E-state index is 12.6. The Hall–Kier alpha value is -2.14. The van der Waals surface area contributed by atoms with E-state index in [1.54, 1.807) is 6.20 Å². The minimum atomic E-state index is 0.215. The van der Waals surface area contributed by atoms with Crippen LogP contribution in [0.5, 0.6) is 0 Å². The fourth-order valence-corrected chi connectivity index (χ4v) is 3.63. The molecule has 1 aromatic heterocycles. The summed E-state index contributed by atoms with van der Waals surface area (Å²) in [7, 11) is 0. The highest BCUT2D eigenvalue weighted by Crippen LogP contribution is 2.21. The summed E-state index contributed by atoms with van der Waals surface area (Å²) >= 11 is 0. The summed E-state index contributed by atoms with van der Waals surface area (Å²) in [6.45, 7) is 1.72. The number of fused-ring (bicyclic) bond motifs is 2. The number of hydrogen-bond acceptors (Lipinski definition) is 3. The van der Waals surface area contributed by atoms with Crippen LogP contribution in [0.3, 0.4) is 0 Å². The molecular weight excluding hydrogens is 288 g/mol. The van der Waals surface area contributed by atoms with Crippen molar-refractivity contribution in [3.63, 3.8) is 0 Å². The summed E-state index contributed by atoms with van der Waals surface area (Å²) in [6, 6.07) is 11.1. The maximum Gasteiger partial charge on any atom is 0.227 e. The number of carbonyl (C=O) groups excluding carboxylic acids is 1. The van der Waals surface area contributed by atoms with E-state index in [0.29, 0.717) is 18.5 Å². The molecular formula is C18H22N4O. The molecule has 2 unspecified atom stereocenters. The zero-order chi connectivity index (χ0) is 15.6. The lowest BCUT2D eigenvalue weighted by molar-refractivity contribution is -0.130. The Kier molecular flexibility index (Phi) is 3.87. The monoisotopic (exact) mass is 310 g/mol. The lowest BCUT2D eigenvalue weighted by Crippen LogP contribution is -2.39. The SMILES string of the molecule is O=C(Cc1cnn(-c2ccccc2)c1)N1CCC2CCC(C1)N2. The van der Waals surface area contributed by atoms with Crippen LogP contribution in [0.15, 0.2) is 42.7 Å². The second-order valence-electron chi connectivity index (χ2n) is 6.57. The Balaban J connectivity index is 1.42. The average Bonchev–Trinajstić information content (AvgIpc) is 3.14. The van der Waals surface area contributed by atoms with Gasteiger partial charge >= 0.3 is 0 Å². The van der Waals surface area contributed by atoms with E-state index >= 15 is 0 Å². The standard InChI is InChI=1S/C18H22N4O/c23-18(21-9-8-15-6-7-16(13-21)20-15)10-14-11-19-22(12-14)17-4-2-1-3-5-17/h1-5,11-12,15-16,20H,6-10,13H2. The van der Waals surface area contributed by atoms with Crippen molar-refractivity contribution in [3.05, 3.63) is 48.3 Å². The molecule has 3 heterocycles. The van der Waals surface area contributed by atoms with E-state index in [9.17, 15) is 4.79 Å². The highest BCUT2D eigenvalue weighted by Gasteiger charge is 2.31. The predicted octanol–water partition coefficient (Wildman–Crippen LogP) is 1.77. The third-order valence-corrected chi connectivity index (χ3v) is 4.89. The van der Waals surface area contributed by atoms with E-state index in [-0.39, 0.29) is 5.91 Å². The first kappa shape index (κ1) is 14.5. The fourth-order valence-electron chi connectivity index (χ4n) is 3.63. The number of nitrogens with one attached hydrogen (secondary N) is 1. The van der Waals surface area contributed by atoms with Gasteiger partial charge in [0.05, 0.1) is 18.3 Å². The summed E-state index contributed by atoms with van der Waals surface area (Å²) in [4.78, 5) is 14.6. The largest absolute Gasteiger partial charge is 0.341 e. The van der Waals surface area contributed by atoms with Gasteiger partial charge < -0.3 is 10.2 Å². The van der Waals surface area contributed by atoms with Gasteiger partial charge in [0.25, 0.3) is 0 Å². The second kappa shape index (κ2) is 6.16. The first-order valence-corrected chi connectivity index (χ1v) is 8.41. The van der Waals surface area contributed by atoms with Crippen molar-refractivity contribution in [3.8, 4) is 5.69 Å². The lowest BCUT2D eigenvalue weighted by atomic mass is 10.1. The highest BCUT2D eigenvalue weighted by atomic mass is 16.2. The molecule has 2 bridgehead atoms.